The van der Waals surface area contributed by atoms with Gasteiger partial charge in [-0.25, -0.2) is 9.18 Å². The Morgan fingerprint density at radius 1 is 1.35 bits per heavy atom. The summed E-state index contributed by atoms with van der Waals surface area (Å²) in [7, 11) is 1.32. The summed E-state index contributed by atoms with van der Waals surface area (Å²) in [6, 6.07) is 5.19. The molecule has 1 aromatic heterocycles. The molecule has 0 aliphatic heterocycles. The highest BCUT2D eigenvalue weighted by atomic mass is 19.1. The number of allylic oxidation sites excluding steroid dienone is 5. The molecule has 0 aliphatic rings. The number of hydrogen-bond acceptors (Lipinski definition) is 3. The summed E-state index contributed by atoms with van der Waals surface area (Å²) in [5.41, 5.74) is 2.13. The molecule has 0 unspecified atom stereocenters. The maximum absolute atomic E-state index is 14.2. The molecule has 1 heterocycles. The molecule has 0 fully saturated rings. The first-order valence-electron chi connectivity index (χ1n) is 7.16. The average molecular weight is 311 g/mol. The smallest absolute Gasteiger partial charge is 0.337 e. The van der Waals surface area contributed by atoms with Gasteiger partial charge in [0.15, 0.2) is 0 Å². The van der Waals surface area contributed by atoms with Crippen LogP contribution in [0.1, 0.15) is 28.5 Å². The summed E-state index contributed by atoms with van der Waals surface area (Å²) in [5.74, 6) is -0.842. The SMILES string of the molecule is C=C/C=C(\C(F)=C/C)c1ncc(C)c2ccc(C(=O)OC)cc12. The maximum atomic E-state index is 14.2. The summed E-state index contributed by atoms with van der Waals surface area (Å²) >= 11 is 0. The number of carbonyl (C=O) groups excluding carboxylic acids is 1. The van der Waals surface area contributed by atoms with Crippen LogP contribution in [-0.2, 0) is 4.74 Å². The van der Waals surface area contributed by atoms with E-state index in [4.69, 9.17) is 4.74 Å². The summed E-state index contributed by atoms with van der Waals surface area (Å²) in [5, 5.41) is 1.60. The van der Waals surface area contributed by atoms with Crippen LogP contribution in [0.2, 0.25) is 0 Å². The Morgan fingerprint density at radius 3 is 2.70 bits per heavy atom. The molecule has 0 saturated carbocycles. The lowest BCUT2D eigenvalue weighted by atomic mass is 9.98. The first-order valence-corrected chi connectivity index (χ1v) is 7.16. The Bertz CT molecular complexity index is 835. The first-order chi connectivity index (χ1) is 11.0. The minimum Gasteiger partial charge on any atom is -0.465 e. The van der Waals surface area contributed by atoms with Crippen LogP contribution < -0.4 is 0 Å². The fourth-order valence-electron chi connectivity index (χ4n) is 2.39. The molecule has 2 rings (SSSR count). The number of esters is 1. The van der Waals surface area contributed by atoms with Crippen LogP contribution in [0.5, 0.6) is 0 Å². The number of ether oxygens (including phenoxy) is 1. The minimum atomic E-state index is -0.444. The van der Waals surface area contributed by atoms with Gasteiger partial charge in [0.1, 0.15) is 5.83 Å². The van der Waals surface area contributed by atoms with Crippen LogP contribution >= 0.6 is 0 Å². The Kier molecular flexibility index (Phi) is 5.06. The van der Waals surface area contributed by atoms with Crippen LogP contribution in [0, 0.1) is 6.92 Å². The van der Waals surface area contributed by atoms with Gasteiger partial charge in [0, 0.05) is 17.2 Å². The van der Waals surface area contributed by atoms with Gasteiger partial charge in [-0.05, 0) is 36.9 Å². The van der Waals surface area contributed by atoms with Crippen LogP contribution in [0.3, 0.4) is 0 Å². The summed E-state index contributed by atoms with van der Waals surface area (Å²) < 4.78 is 19.0. The molecule has 2 aromatic rings. The number of carbonyl (C=O) groups is 1. The second-order valence-corrected chi connectivity index (χ2v) is 4.99. The number of pyridine rings is 1. The van der Waals surface area contributed by atoms with Crippen LogP contribution in [0.4, 0.5) is 4.39 Å². The van der Waals surface area contributed by atoms with Crippen molar-refractivity contribution in [2.45, 2.75) is 13.8 Å². The standard InChI is InChI=1S/C19H18FNO2/c1-5-7-15(17(20)6-2)18-16-10-13(19(22)23-4)8-9-14(16)12(3)11-21-18/h5-11H,1H2,2-4H3/b15-7+,17-6+. The second kappa shape index (κ2) is 7.01. The van der Waals surface area contributed by atoms with Crippen molar-refractivity contribution in [3.05, 3.63) is 71.9 Å². The first kappa shape index (κ1) is 16.6. The Morgan fingerprint density at radius 2 is 2.09 bits per heavy atom. The number of aryl methyl sites for hydroxylation is 1. The Labute approximate surface area is 134 Å². The molecule has 0 aliphatic carbocycles. The molecule has 0 radical (unpaired) electrons. The van der Waals surface area contributed by atoms with E-state index in [1.165, 1.54) is 19.3 Å². The summed E-state index contributed by atoms with van der Waals surface area (Å²) in [4.78, 5) is 16.2. The van der Waals surface area contributed by atoms with Gasteiger partial charge in [-0.3, -0.25) is 4.98 Å². The topological polar surface area (TPSA) is 39.2 Å². The van der Waals surface area contributed by atoms with Crippen LogP contribution in [0.15, 0.2) is 55.0 Å². The van der Waals surface area contributed by atoms with E-state index in [0.717, 1.165) is 10.9 Å². The predicted octanol–water partition coefficient (Wildman–Crippen LogP) is 4.77. The zero-order chi connectivity index (χ0) is 17.0. The van der Waals surface area contributed by atoms with E-state index in [1.807, 2.05) is 13.0 Å². The largest absolute Gasteiger partial charge is 0.465 e. The monoisotopic (exact) mass is 311 g/mol. The maximum Gasteiger partial charge on any atom is 0.337 e. The minimum absolute atomic E-state index is 0.328. The van der Waals surface area contributed by atoms with E-state index >= 15 is 0 Å². The fourth-order valence-corrected chi connectivity index (χ4v) is 2.39. The van der Waals surface area contributed by atoms with Crippen LogP contribution in [0.25, 0.3) is 16.3 Å². The third-order valence-corrected chi connectivity index (χ3v) is 3.56. The number of hydrogen-bond donors (Lipinski definition) is 0. The summed E-state index contributed by atoms with van der Waals surface area (Å²) in [6.45, 7) is 7.16. The van der Waals surface area contributed by atoms with Gasteiger partial charge in [-0.2, -0.15) is 0 Å². The molecule has 0 spiro atoms. The van der Waals surface area contributed by atoms with Crippen LogP contribution in [-0.4, -0.2) is 18.1 Å². The van der Waals surface area contributed by atoms with Gasteiger partial charge < -0.3 is 4.74 Å². The number of aromatic nitrogens is 1. The molecule has 0 N–H and O–H groups in total. The molecule has 118 valence electrons. The third kappa shape index (κ3) is 3.21. The lowest BCUT2D eigenvalue weighted by molar-refractivity contribution is 0.0601. The predicted molar refractivity (Wildman–Crippen MR) is 90.9 cm³/mol. The molecule has 4 heteroatoms. The van der Waals surface area contributed by atoms with Gasteiger partial charge in [0.2, 0.25) is 0 Å². The van der Waals surface area contributed by atoms with Crippen molar-refractivity contribution in [1.82, 2.24) is 4.98 Å². The van der Waals surface area contributed by atoms with Gasteiger partial charge in [0.25, 0.3) is 0 Å². The van der Waals surface area contributed by atoms with E-state index in [0.29, 0.717) is 22.2 Å². The van der Waals surface area contributed by atoms with Crippen molar-refractivity contribution in [3.63, 3.8) is 0 Å². The van der Waals surface area contributed by atoms with Gasteiger partial charge in [0.05, 0.1) is 18.4 Å². The second-order valence-electron chi connectivity index (χ2n) is 4.99. The molecule has 23 heavy (non-hydrogen) atoms. The number of halogens is 1. The van der Waals surface area contributed by atoms with E-state index in [1.54, 1.807) is 31.3 Å². The van der Waals surface area contributed by atoms with E-state index in [-0.39, 0.29) is 0 Å². The van der Waals surface area contributed by atoms with E-state index in [2.05, 4.69) is 11.6 Å². The van der Waals surface area contributed by atoms with Gasteiger partial charge in [-0.15, -0.1) is 0 Å². The lowest BCUT2D eigenvalue weighted by Gasteiger charge is -2.11. The molecule has 1 aromatic carbocycles. The summed E-state index contributed by atoms with van der Waals surface area (Å²) in [6.07, 6.45) is 6.13. The molecular formula is C19H18FNO2. The number of methoxy groups -OCH3 is 1. The highest BCUT2D eigenvalue weighted by Crippen LogP contribution is 2.31. The normalized spacial score (nSPS) is 12.3. The average Bonchev–Trinajstić information content (AvgIpc) is 2.58. The fraction of sp³-hybridized carbons (Fsp3) is 0.158. The zero-order valence-corrected chi connectivity index (χ0v) is 13.4. The van der Waals surface area contributed by atoms with Crippen molar-refractivity contribution in [1.29, 1.82) is 0 Å². The quantitative estimate of drug-likeness (QED) is 0.603. The van der Waals surface area contributed by atoms with Gasteiger partial charge in [-0.1, -0.05) is 30.9 Å². The van der Waals surface area contributed by atoms with Crippen molar-refractivity contribution >= 4 is 22.3 Å². The van der Waals surface area contributed by atoms with E-state index < -0.39 is 11.8 Å². The van der Waals surface area contributed by atoms with Crippen molar-refractivity contribution in [2.24, 2.45) is 0 Å². The van der Waals surface area contributed by atoms with Gasteiger partial charge >= 0.3 is 5.97 Å². The van der Waals surface area contributed by atoms with Crippen molar-refractivity contribution in [3.8, 4) is 0 Å². The molecule has 0 saturated heterocycles. The zero-order valence-electron chi connectivity index (χ0n) is 13.4. The Balaban J connectivity index is 2.82. The highest BCUT2D eigenvalue weighted by Gasteiger charge is 2.15. The molecule has 0 atom stereocenters. The third-order valence-electron chi connectivity index (χ3n) is 3.56. The number of fused-ring (bicyclic) bond motifs is 1. The Hall–Kier alpha value is -2.75. The molecule has 3 nitrogen and oxygen atoms in total. The molecule has 0 amide bonds. The van der Waals surface area contributed by atoms with E-state index in [9.17, 15) is 9.18 Å². The molecular weight excluding hydrogens is 293 g/mol. The van der Waals surface area contributed by atoms with Crippen molar-refractivity contribution < 1.29 is 13.9 Å². The molecule has 0 bridgehead atoms. The lowest BCUT2D eigenvalue weighted by Crippen LogP contribution is -2.02. The van der Waals surface area contributed by atoms with Crippen molar-refractivity contribution in [2.75, 3.05) is 7.11 Å². The highest BCUT2D eigenvalue weighted by molar-refractivity contribution is 6.01. The number of nitrogens with zero attached hydrogens (tertiary/aromatic N) is 1. The number of benzene rings is 1. The number of rotatable bonds is 4.